The summed E-state index contributed by atoms with van der Waals surface area (Å²) >= 11 is 0. The molecule has 5 nitrogen and oxygen atoms in total. The maximum atomic E-state index is 12.7. The minimum absolute atomic E-state index is 0.323. The molecule has 2 saturated heterocycles. The molecular formula is C22H34N4O. The number of hydrogen-bond acceptors (Lipinski definition) is 4. The van der Waals surface area contributed by atoms with Crippen molar-refractivity contribution >= 4 is 11.6 Å². The van der Waals surface area contributed by atoms with Crippen LogP contribution in [-0.4, -0.2) is 85.6 Å². The van der Waals surface area contributed by atoms with Gasteiger partial charge < -0.3 is 9.80 Å². The summed E-state index contributed by atoms with van der Waals surface area (Å²) in [6.45, 7) is 12.9. The first kappa shape index (κ1) is 18.8. The predicted octanol–water partition coefficient (Wildman–Crippen LogP) is 2.12. The summed E-state index contributed by atoms with van der Waals surface area (Å²) in [5.41, 5.74) is 4.09. The summed E-state index contributed by atoms with van der Waals surface area (Å²) in [7, 11) is 0. The maximum Gasteiger partial charge on any atom is 0.236 e. The standard InChI is InChI=1S/C22H34N4O/c1-18-5-3-6-19(2)22(18)26-11-9-23(10-12-26)17-21(27)25-15-13-24(14-16-25)20-7-4-8-20/h3,5-6,20H,4,7-17H2,1-2H3. The molecule has 0 radical (unpaired) electrons. The molecule has 1 saturated carbocycles. The Kier molecular flexibility index (Phi) is 5.69. The zero-order valence-electron chi connectivity index (χ0n) is 17.0. The van der Waals surface area contributed by atoms with Crippen LogP contribution in [0.2, 0.25) is 0 Å². The van der Waals surface area contributed by atoms with Gasteiger partial charge in [-0.1, -0.05) is 24.6 Å². The van der Waals surface area contributed by atoms with Crippen molar-refractivity contribution in [3.63, 3.8) is 0 Å². The monoisotopic (exact) mass is 370 g/mol. The highest BCUT2D eigenvalue weighted by Gasteiger charge is 2.30. The van der Waals surface area contributed by atoms with Gasteiger partial charge in [-0.2, -0.15) is 0 Å². The third-order valence-electron chi connectivity index (χ3n) is 6.74. The Balaban J connectivity index is 1.24. The summed E-state index contributed by atoms with van der Waals surface area (Å²) in [5, 5.41) is 0. The maximum absolute atomic E-state index is 12.7. The topological polar surface area (TPSA) is 30.0 Å². The third-order valence-corrected chi connectivity index (χ3v) is 6.74. The number of para-hydroxylation sites is 1. The van der Waals surface area contributed by atoms with Crippen LogP contribution in [0.15, 0.2) is 18.2 Å². The fourth-order valence-electron chi connectivity index (χ4n) is 4.81. The molecule has 2 heterocycles. The molecule has 0 atom stereocenters. The molecule has 148 valence electrons. The number of amides is 1. The number of aryl methyl sites for hydroxylation is 2. The van der Waals surface area contributed by atoms with Gasteiger partial charge in [0.05, 0.1) is 6.54 Å². The summed E-state index contributed by atoms with van der Waals surface area (Å²) in [4.78, 5) is 22.2. The van der Waals surface area contributed by atoms with Crippen LogP contribution >= 0.6 is 0 Å². The minimum atomic E-state index is 0.323. The van der Waals surface area contributed by atoms with Gasteiger partial charge in [0.2, 0.25) is 5.91 Å². The van der Waals surface area contributed by atoms with Gasteiger partial charge in [-0.3, -0.25) is 14.6 Å². The molecule has 27 heavy (non-hydrogen) atoms. The molecule has 0 aromatic heterocycles. The Hall–Kier alpha value is -1.59. The second-order valence-electron chi connectivity index (χ2n) is 8.51. The van der Waals surface area contributed by atoms with Crippen LogP contribution < -0.4 is 4.90 Å². The first-order valence-electron chi connectivity index (χ1n) is 10.7. The second kappa shape index (κ2) is 8.19. The van der Waals surface area contributed by atoms with E-state index in [0.717, 1.165) is 58.4 Å². The zero-order valence-corrected chi connectivity index (χ0v) is 17.0. The number of piperazine rings is 2. The van der Waals surface area contributed by atoms with Gasteiger partial charge >= 0.3 is 0 Å². The van der Waals surface area contributed by atoms with E-state index in [1.165, 1.54) is 36.1 Å². The number of carbonyl (C=O) groups excluding carboxylic acids is 1. The molecule has 2 aliphatic heterocycles. The highest BCUT2D eigenvalue weighted by molar-refractivity contribution is 5.78. The lowest BCUT2D eigenvalue weighted by Gasteiger charge is -2.43. The Morgan fingerprint density at radius 2 is 1.56 bits per heavy atom. The van der Waals surface area contributed by atoms with Crippen molar-refractivity contribution in [2.45, 2.75) is 39.2 Å². The summed E-state index contributed by atoms with van der Waals surface area (Å²) in [6.07, 6.45) is 4.11. The Labute approximate surface area is 163 Å². The van der Waals surface area contributed by atoms with Gasteiger partial charge in [-0.05, 0) is 37.8 Å². The first-order valence-corrected chi connectivity index (χ1v) is 10.7. The molecule has 1 amide bonds. The Morgan fingerprint density at radius 3 is 2.11 bits per heavy atom. The van der Waals surface area contributed by atoms with E-state index in [2.05, 4.69) is 51.6 Å². The molecule has 1 aliphatic carbocycles. The summed E-state index contributed by atoms with van der Waals surface area (Å²) in [6, 6.07) is 7.33. The van der Waals surface area contributed by atoms with Gasteiger partial charge in [-0.15, -0.1) is 0 Å². The number of nitrogens with zero attached hydrogens (tertiary/aromatic N) is 4. The summed E-state index contributed by atoms with van der Waals surface area (Å²) in [5.74, 6) is 0.323. The van der Waals surface area contributed by atoms with E-state index in [1.54, 1.807) is 0 Å². The fourth-order valence-corrected chi connectivity index (χ4v) is 4.81. The van der Waals surface area contributed by atoms with E-state index in [0.29, 0.717) is 12.5 Å². The molecule has 4 rings (SSSR count). The minimum Gasteiger partial charge on any atom is -0.369 e. The molecule has 0 N–H and O–H groups in total. The molecule has 1 aromatic carbocycles. The van der Waals surface area contributed by atoms with Crippen LogP contribution in [0.25, 0.3) is 0 Å². The normalized spacial score (nSPS) is 22.7. The van der Waals surface area contributed by atoms with Crippen molar-refractivity contribution in [2.75, 3.05) is 63.8 Å². The van der Waals surface area contributed by atoms with Crippen LogP contribution in [0.5, 0.6) is 0 Å². The van der Waals surface area contributed by atoms with Crippen LogP contribution in [0.4, 0.5) is 5.69 Å². The van der Waals surface area contributed by atoms with E-state index < -0.39 is 0 Å². The Morgan fingerprint density at radius 1 is 0.926 bits per heavy atom. The molecule has 5 heteroatoms. The number of anilines is 1. The quantitative estimate of drug-likeness (QED) is 0.812. The second-order valence-corrected chi connectivity index (χ2v) is 8.51. The van der Waals surface area contributed by atoms with Crippen molar-refractivity contribution < 1.29 is 4.79 Å². The lowest BCUT2D eigenvalue weighted by Crippen LogP contribution is -2.56. The van der Waals surface area contributed by atoms with Gasteiger partial charge in [0.1, 0.15) is 0 Å². The Bertz CT molecular complexity index is 636. The fraction of sp³-hybridized carbons (Fsp3) is 0.682. The zero-order chi connectivity index (χ0) is 18.8. The lowest BCUT2D eigenvalue weighted by molar-refractivity contribution is -0.134. The van der Waals surface area contributed by atoms with Crippen molar-refractivity contribution in [3.8, 4) is 0 Å². The largest absolute Gasteiger partial charge is 0.369 e. The highest BCUT2D eigenvalue weighted by atomic mass is 16.2. The van der Waals surface area contributed by atoms with Crippen molar-refractivity contribution in [3.05, 3.63) is 29.3 Å². The molecule has 3 aliphatic rings. The first-order chi connectivity index (χ1) is 13.1. The predicted molar refractivity (Wildman–Crippen MR) is 110 cm³/mol. The molecular weight excluding hydrogens is 336 g/mol. The van der Waals surface area contributed by atoms with Crippen LogP contribution in [-0.2, 0) is 4.79 Å². The SMILES string of the molecule is Cc1cccc(C)c1N1CCN(CC(=O)N2CCN(C3CCC3)CC2)CC1. The van der Waals surface area contributed by atoms with E-state index in [1.807, 2.05) is 0 Å². The highest BCUT2D eigenvalue weighted by Crippen LogP contribution is 2.26. The average molecular weight is 371 g/mol. The van der Waals surface area contributed by atoms with Crippen molar-refractivity contribution in [2.24, 2.45) is 0 Å². The number of hydrogen-bond donors (Lipinski definition) is 0. The van der Waals surface area contributed by atoms with E-state index >= 15 is 0 Å². The van der Waals surface area contributed by atoms with E-state index in [9.17, 15) is 4.79 Å². The smallest absolute Gasteiger partial charge is 0.236 e. The summed E-state index contributed by atoms with van der Waals surface area (Å²) < 4.78 is 0. The van der Waals surface area contributed by atoms with Gasteiger partial charge in [0, 0.05) is 64.1 Å². The van der Waals surface area contributed by atoms with Crippen LogP contribution in [0, 0.1) is 13.8 Å². The molecule has 1 aromatic rings. The molecule has 0 bridgehead atoms. The van der Waals surface area contributed by atoms with Crippen LogP contribution in [0.1, 0.15) is 30.4 Å². The van der Waals surface area contributed by atoms with Crippen molar-refractivity contribution in [1.82, 2.24) is 14.7 Å². The van der Waals surface area contributed by atoms with Crippen molar-refractivity contribution in [1.29, 1.82) is 0 Å². The van der Waals surface area contributed by atoms with E-state index in [-0.39, 0.29) is 0 Å². The van der Waals surface area contributed by atoms with Gasteiger partial charge in [0.25, 0.3) is 0 Å². The lowest BCUT2D eigenvalue weighted by atomic mass is 9.91. The van der Waals surface area contributed by atoms with Gasteiger partial charge in [-0.25, -0.2) is 0 Å². The van der Waals surface area contributed by atoms with Crippen LogP contribution in [0.3, 0.4) is 0 Å². The number of benzene rings is 1. The number of rotatable bonds is 4. The third kappa shape index (κ3) is 4.14. The molecule has 3 fully saturated rings. The molecule has 0 unspecified atom stereocenters. The average Bonchev–Trinajstić information content (AvgIpc) is 2.62. The number of carbonyl (C=O) groups is 1. The molecule has 0 spiro atoms. The van der Waals surface area contributed by atoms with Gasteiger partial charge in [0.15, 0.2) is 0 Å². The van der Waals surface area contributed by atoms with E-state index in [4.69, 9.17) is 0 Å².